The van der Waals surface area contributed by atoms with Crippen LogP contribution in [0.3, 0.4) is 0 Å². The van der Waals surface area contributed by atoms with Crippen LogP contribution in [0.4, 0.5) is 11.6 Å². The molecule has 26 heavy (non-hydrogen) atoms. The van der Waals surface area contributed by atoms with Crippen LogP contribution >= 0.6 is 0 Å². The quantitative estimate of drug-likeness (QED) is 0.578. The summed E-state index contributed by atoms with van der Waals surface area (Å²) in [6, 6.07) is 9.27. The smallest absolute Gasteiger partial charge is 0.161 e. The molecule has 1 fully saturated rings. The molecule has 0 unspecified atom stereocenters. The third-order valence-corrected chi connectivity index (χ3v) is 4.98. The second-order valence-electron chi connectivity index (χ2n) is 6.52. The van der Waals surface area contributed by atoms with E-state index >= 15 is 0 Å². The lowest BCUT2D eigenvalue weighted by Gasteiger charge is -2.08. The van der Waals surface area contributed by atoms with Crippen LogP contribution in [-0.4, -0.2) is 28.6 Å². The Bertz CT molecular complexity index is 999. The number of aryl methyl sites for hydroxylation is 1. The van der Waals surface area contributed by atoms with E-state index < -0.39 is 10.7 Å². The average Bonchev–Trinajstić information content (AvgIpc) is 3.37. The highest BCUT2D eigenvalue weighted by Crippen LogP contribution is 2.39. The Hall–Kier alpha value is -2.74. The Kier molecular flexibility index (Phi) is 4.42. The number of thiol groups is 1. The van der Waals surface area contributed by atoms with Gasteiger partial charge in [-0.05, 0) is 25.3 Å². The third-order valence-electron chi connectivity index (χ3n) is 4.36. The Morgan fingerprint density at radius 1 is 1.23 bits per heavy atom. The van der Waals surface area contributed by atoms with E-state index in [4.69, 9.17) is 0 Å². The van der Waals surface area contributed by atoms with Crippen LogP contribution in [0.5, 0.6) is 0 Å². The van der Waals surface area contributed by atoms with Crippen molar-refractivity contribution in [3.63, 3.8) is 0 Å². The van der Waals surface area contributed by atoms with Crippen molar-refractivity contribution in [1.29, 1.82) is 0 Å². The zero-order valence-corrected chi connectivity index (χ0v) is 15.2. The van der Waals surface area contributed by atoms with E-state index in [1.807, 2.05) is 25.1 Å². The second kappa shape index (κ2) is 6.87. The first-order chi connectivity index (χ1) is 12.6. The van der Waals surface area contributed by atoms with E-state index in [1.165, 1.54) is 12.8 Å². The van der Waals surface area contributed by atoms with Gasteiger partial charge in [0.1, 0.15) is 16.5 Å². The summed E-state index contributed by atoms with van der Waals surface area (Å²) in [6.07, 6.45) is 4.20. The largest absolute Gasteiger partial charge is 0.323 e. The lowest BCUT2D eigenvalue weighted by Crippen LogP contribution is -2.00. The van der Waals surface area contributed by atoms with Crippen molar-refractivity contribution < 1.29 is 8.42 Å². The summed E-state index contributed by atoms with van der Waals surface area (Å²) in [5, 5.41) is 10.6. The minimum Gasteiger partial charge on any atom is -0.323 e. The number of hydrogen-bond acceptors (Lipinski definition) is 6. The number of anilines is 2. The maximum atomic E-state index is 10.8. The van der Waals surface area contributed by atoms with Crippen molar-refractivity contribution >= 4 is 22.3 Å². The van der Waals surface area contributed by atoms with Crippen LogP contribution in [-0.2, 0) is 16.5 Å². The standard InChI is InChI=1S/C18H19N5O2S/c1-11-9-19-18(14-4-2-12(3-5-14)10-26(24)25)21-17(11)20-16-8-15(22-23-16)13-6-7-13/h2-5,8-9,13,26H,6-7,10H2,1H3,(H2,19,20,21,22,23). The molecular weight excluding hydrogens is 350 g/mol. The molecule has 1 aromatic carbocycles. The predicted octanol–water partition coefficient (Wildman–Crippen LogP) is 2.91. The molecule has 3 aromatic rings. The van der Waals surface area contributed by atoms with Gasteiger partial charge in [-0.25, -0.2) is 18.4 Å². The Balaban J connectivity index is 1.56. The molecular formula is C18H19N5O2S. The molecule has 1 aliphatic rings. The molecule has 2 heterocycles. The number of benzene rings is 1. The van der Waals surface area contributed by atoms with Crippen LogP contribution in [0, 0.1) is 6.92 Å². The van der Waals surface area contributed by atoms with E-state index in [9.17, 15) is 8.42 Å². The fourth-order valence-corrected chi connectivity index (χ4v) is 3.25. The summed E-state index contributed by atoms with van der Waals surface area (Å²) in [5.74, 6) is 2.68. The molecule has 1 saturated carbocycles. The molecule has 1 aliphatic carbocycles. The van der Waals surface area contributed by atoms with Crippen molar-refractivity contribution in [2.75, 3.05) is 5.32 Å². The first kappa shape index (κ1) is 16.7. The number of nitrogens with one attached hydrogen (secondary N) is 2. The maximum absolute atomic E-state index is 10.8. The second-order valence-corrected chi connectivity index (χ2v) is 7.50. The van der Waals surface area contributed by atoms with E-state index in [0.29, 0.717) is 17.6 Å². The molecule has 0 atom stereocenters. The summed E-state index contributed by atoms with van der Waals surface area (Å²) in [4.78, 5) is 8.99. The van der Waals surface area contributed by atoms with Crippen molar-refractivity contribution in [2.45, 2.75) is 31.4 Å². The van der Waals surface area contributed by atoms with Gasteiger partial charge in [0.2, 0.25) is 0 Å². The number of H-pyrrole nitrogens is 1. The van der Waals surface area contributed by atoms with E-state index in [1.54, 1.807) is 18.3 Å². The van der Waals surface area contributed by atoms with E-state index in [0.717, 1.165) is 28.2 Å². The molecule has 0 aliphatic heterocycles. The first-order valence-electron chi connectivity index (χ1n) is 8.45. The molecule has 2 aromatic heterocycles. The van der Waals surface area contributed by atoms with Gasteiger partial charge in [0.25, 0.3) is 0 Å². The number of rotatable bonds is 6. The van der Waals surface area contributed by atoms with Crippen LogP contribution in [0.25, 0.3) is 11.4 Å². The molecule has 0 spiro atoms. The summed E-state index contributed by atoms with van der Waals surface area (Å²) >= 11 is 0. The fraction of sp³-hybridized carbons (Fsp3) is 0.278. The molecule has 8 heteroatoms. The molecule has 0 radical (unpaired) electrons. The summed E-state index contributed by atoms with van der Waals surface area (Å²) in [7, 11) is -2.43. The highest BCUT2D eigenvalue weighted by atomic mass is 32.2. The molecule has 0 saturated heterocycles. The van der Waals surface area contributed by atoms with Crippen LogP contribution in [0.1, 0.15) is 35.6 Å². The van der Waals surface area contributed by atoms with Gasteiger partial charge in [-0.15, -0.1) is 0 Å². The summed E-state index contributed by atoms with van der Waals surface area (Å²) in [5.41, 5.74) is 3.66. The van der Waals surface area contributed by atoms with E-state index in [-0.39, 0.29) is 5.75 Å². The van der Waals surface area contributed by atoms with Crippen molar-refractivity contribution in [3.8, 4) is 11.4 Å². The fourth-order valence-electron chi connectivity index (χ4n) is 2.74. The summed E-state index contributed by atoms with van der Waals surface area (Å²) < 4.78 is 21.6. The Labute approximate surface area is 152 Å². The molecule has 2 N–H and O–H groups in total. The number of aromatic nitrogens is 4. The van der Waals surface area contributed by atoms with Crippen LogP contribution in [0.15, 0.2) is 36.5 Å². The van der Waals surface area contributed by atoms with Gasteiger partial charge in [-0.1, -0.05) is 24.3 Å². The number of aromatic amines is 1. The topological polar surface area (TPSA) is 101 Å². The first-order valence-corrected chi connectivity index (χ1v) is 9.82. The Morgan fingerprint density at radius 3 is 2.69 bits per heavy atom. The predicted molar refractivity (Wildman–Crippen MR) is 100 cm³/mol. The van der Waals surface area contributed by atoms with Crippen molar-refractivity contribution in [1.82, 2.24) is 20.2 Å². The minimum absolute atomic E-state index is 0.0413. The van der Waals surface area contributed by atoms with E-state index in [2.05, 4.69) is 25.5 Å². The third kappa shape index (κ3) is 3.75. The summed E-state index contributed by atoms with van der Waals surface area (Å²) in [6.45, 7) is 1.94. The monoisotopic (exact) mass is 369 g/mol. The van der Waals surface area contributed by atoms with Gasteiger partial charge in [0.05, 0.1) is 5.75 Å². The van der Waals surface area contributed by atoms with Gasteiger partial charge < -0.3 is 5.32 Å². The van der Waals surface area contributed by atoms with Gasteiger partial charge >= 0.3 is 0 Å². The van der Waals surface area contributed by atoms with Crippen molar-refractivity contribution in [3.05, 3.63) is 53.3 Å². The highest BCUT2D eigenvalue weighted by molar-refractivity contribution is 7.71. The SMILES string of the molecule is Cc1cnc(-c2ccc(C[SH](=O)=O)cc2)nc1Nc1cc(C2CC2)[nH]n1. The zero-order chi connectivity index (χ0) is 18.1. The minimum atomic E-state index is -2.43. The maximum Gasteiger partial charge on any atom is 0.161 e. The van der Waals surface area contributed by atoms with Gasteiger partial charge in [0.15, 0.2) is 11.6 Å². The lowest BCUT2D eigenvalue weighted by molar-refractivity contribution is 0.614. The van der Waals surface area contributed by atoms with Crippen LogP contribution in [0.2, 0.25) is 0 Å². The molecule has 0 bridgehead atoms. The lowest BCUT2D eigenvalue weighted by atomic mass is 10.1. The van der Waals surface area contributed by atoms with Crippen molar-refractivity contribution in [2.24, 2.45) is 0 Å². The van der Waals surface area contributed by atoms with Gasteiger partial charge in [-0.3, -0.25) is 5.10 Å². The van der Waals surface area contributed by atoms with Crippen LogP contribution < -0.4 is 5.32 Å². The van der Waals surface area contributed by atoms with Gasteiger partial charge in [0, 0.05) is 35.0 Å². The Morgan fingerprint density at radius 2 is 2.00 bits per heavy atom. The average molecular weight is 369 g/mol. The molecule has 4 rings (SSSR count). The molecule has 134 valence electrons. The molecule has 7 nitrogen and oxygen atoms in total. The number of hydrogen-bond donors (Lipinski definition) is 3. The number of nitrogens with zero attached hydrogens (tertiary/aromatic N) is 3. The van der Waals surface area contributed by atoms with Gasteiger partial charge in [-0.2, -0.15) is 5.10 Å². The molecule has 0 amide bonds. The normalized spacial score (nSPS) is 13.9. The zero-order valence-electron chi connectivity index (χ0n) is 14.3. The highest BCUT2D eigenvalue weighted by Gasteiger charge is 2.25.